The van der Waals surface area contributed by atoms with Gasteiger partial charge in [-0.1, -0.05) is 0 Å². The number of hydrogen-bond donors (Lipinski definition) is 3. The van der Waals surface area contributed by atoms with Crippen LogP contribution < -0.4 is 5.32 Å². The summed E-state index contributed by atoms with van der Waals surface area (Å²) in [5.41, 5.74) is 1.58. The smallest absolute Gasteiger partial charge is 0.475 e. The largest absolute Gasteiger partial charge is 0.490 e. The van der Waals surface area contributed by atoms with E-state index in [0.29, 0.717) is 5.92 Å². The Kier molecular flexibility index (Phi) is 11.2. The highest BCUT2D eigenvalue weighted by atomic mass is 32.1. The lowest BCUT2D eigenvalue weighted by molar-refractivity contribution is -0.193. The van der Waals surface area contributed by atoms with Crippen molar-refractivity contribution < 1.29 is 55.7 Å². The van der Waals surface area contributed by atoms with Gasteiger partial charge in [0, 0.05) is 24.3 Å². The number of fused-ring (bicyclic) bond motifs is 1. The summed E-state index contributed by atoms with van der Waals surface area (Å²) in [6, 6.07) is 3.70. The van der Waals surface area contributed by atoms with E-state index in [1.54, 1.807) is 17.5 Å². The molecule has 2 aromatic heterocycles. The van der Waals surface area contributed by atoms with Crippen LogP contribution >= 0.6 is 11.3 Å². The number of aromatic nitrogens is 2. The Balaban J connectivity index is 0.000000317. The lowest BCUT2D eigenvalue weighted by Crippen LogP contribution is -2.41. The van der Waals surface area contributed by atoms with Gasteiger partial charge in [-0.3, -0.25) is 14.7 Å². The Labute approximate surface area is 221 Å². The molecule has 2 aliphatic heterocycles. The molecule has 2 aliphatic rings. The van der Waals surface area contributed by atoms with Crippen LogP contribution in [0.1, 0.15) is 23.5 Å². The quantitative estimate of drug-likeness (QED) is 0.457. The highest BCUT2D eigenvalue weighted by molar-refractivity contribution is 7.09. The van der Waals surface area contributed by atoms with Crippen molar-refractivity contribution in [3.63, 3.8) is 0 Å². The van der Waals surface area contributed by atoms with E-state index in [-0.39, 0.29) is 18.1 Å². The molecule has 0 spiro atoms. The number of nitrogens with one attached hydrogen (secondary N) is 1. The first-order chi connectivity index (χ1) is 18.1. The third-order valence-corrected chi connectivity index (χ3v) is 6.28. The first-order valence-corrected chi connectivity index (χ1v) is 12.0. The van der Waals surface area contributed by atoms with Crippen molar-refractivity contribution in [2.75, 3.05) is 18.4 Å². The molecule has 10 nitrogen and oxygen atoms in total. The maximum atomic E-state index is 12.6. The van der Waals surface area contributed by atoms with Crippen molar-refractivity contribution in [1.29, 1.82) is 0 Å². The van der Waals surface area contributed by atoms with Crippen LogP contribution in [0.4, 0.5) is 32.0 Å². The molecular weight excluding hydrogens is 562 g/mol. The zero-order valence-corrected chi connectivity index (χ0v) is 21.0. The number of amides is 1. The minimum Gasteiger partial charge on any atom is -0.475 e. The number of nitrogens with zero attached hydrogens (tertiary/aromatic N) is 3. The Morgan fingerprint density at radius 2 is 1.72 bits per heavy atom. The van der Waals surface area contributed by atoms with Gasteiger partial charge in [-0.05, 0) is 44.4 Å². The van der Waals surface area contributed by atoms with E-state index in [0.717, 1.165) is 48.9 Å². The summed E-state index contributed by atoms with van der Waals surface area (Å²) >= 11 is 1.69. The Morgan fingerprint density at radius 3 is 2.23 bits per heavy atom. The van der Waals surface area contributed by atoms with E-state index in [2.05, 4.69) is 20.2 Å². The number of thiazole rings is 1. The Hall–Kier alpha value is -3.31. The molecule has 1 amide bonds. The van der Waals surface area contributed by atoms with Crippen LogP contribution in [0.5, 0.6) is 0 Å². The summed E-state index contributed by atoms with van der Waals surface area (Å²) < 4.78 is 69.6. The van der Waals surface area contributed by atoms with Crippen LogP contribution in [0, 0.1) is 12.8 Å². The third-order valence-electron chi connectivity index (χ3n) is 5.52. The summed E-state index contributed by atoms with van der Waals surface area (Å²) in [5.74, 6) is -5.10. The number of rotatable bonds is 4. The van der Waals surface area contributed by atoms with Gasteiger partial charge < -0.3 is 20.3 Å². The second kappa shape index (κ2) is 13.7. The minimum absolute atomic E-state index is 0.0584. The predicted molar refractivity (Wildman–Crippen MR) is 124 cm³/mol. The average Bonchev–Trinajstić information content (AvgIpc) is 3.50. The molecule has 4 rings (SSSR count). The molecule has 4 heterocycles. The molecule has 0 radical (unpaired) electrons. The van der Waals surface area contributed by atoms with E-state index in [1.807, 2.05) is 30.6 Å². The van der Waals surface area contributed by atoms with Crippen LogP contribution in [0.2, 0.25) is 0 Å². The first-order valence-electron chi connectivity index (χ1n) is 11.2. The number of carbonyl (C=O) groups is 3. The van der Waals surface area contributed by atoms with Gasteiger partial charge in [0.25, 0.3) is 5.91 Å². The van der Waals surface area contributed by atoms with Crippen molar-refractivity contribution >= 4 is 34.9 Å². The number of alkyl halides is 6. The predicted octanol–water partition coefficient (Wildman–Crippen LogP) is 3.73. The van der Waals surface area contributed by atoms with Crippen LogP contribution in [-0.2, 0) is 25.7 Å². The van der Waals surface area contributed by atoms with E-state index in [9.17, 15) is 31.1 Å². The molecule has 2 saturated heterocycles. The van der Waals surface area contributed by atoms with Crippen LogP contribution in [0.3, 0.4) is 0 Å². The molecule has 2 aromatic rings. The lowest BCUT2D eigenvalue weighted by atomic mass is 9.91. The highest BCUT2D eigenvalue weighted by Gasteiger charge is 2.42. The van der Waals surface area contributed by atoms with E-state index in [1.165, 1.54) is 0 Å². The van der Waals surface area contributed by atoms with Gasteiger partial charge in [0.2, 0.25) is 0 Å². The fourth-order valence-corrected chi connectivity index (χ4v) is 4.32. The van der Waals surface area contributed by atoms with E-state index >= 15 is 0 Å². The number of likely N-dealkylation sites (tertiary alicyclic amines) is 1. The van der Waals surface area contributed by atoms with E-state index < -0.39 is 24.3 Å². The monoisotopic (exact) mass is 586 g/mol. The zero-order chi connectivity index (χ0) is 29.4. The highest BCUT2D eigenvalue weighted by Crippen LogP contribution is 2.34. The number of halogens is 6. The number of aliphatic carboxylic acids is 2. The van der Waals surface area contributed by atoms with Crippen molar-refractivity contribution in [1.82, 2.24) is 14.9 Å². The zero-order valence-electron chi connectivity index (χ0n) is 20.2. The first kappa shape index (κ1) is 31.9. The Morgan fingerprint density at radius 1 is 1.10 bits per heavy atom. The normalized spacial score (nSPS) is 20.9. The summed E-state index contributed by atoms with van der Waals surface area (Å²) in [6.07, 6.45) is -4.94. The number of aryl methyl sites for hydroxylation is 1. The fourth-order valence-electron chi connectivity index (χ4n) is 3.66. The summed E-state index contributed by atoms with van der Waals surface area (Å²) in [5, 5.41) is 20.4. The number of pyridine rings is 1. The third kappa shape index (κ3) is 10.4. The molecule has 0 saturated carbocycles. The Bertz CT molecular complexity index is 1090. The number of hydrogen-bond acceptors (Lipinski definition) is 8. The maximum absolute atomic E-state index is 12.6. The van der Waals surface area contributed by atoms with Gasteiger partial charge in [-0.15, -0.1) is 11.3 Å². The topological polar surface area (TPSA) is 142 Å². The van der Waals surface area contributed by atoms with Gasteiger partial charge in [0.05, 0.1) is 24.0 Å². The summed E-state index contributed by atoms with van der Waals surface area (Å²) in [6.45, 7) is 4.68. The molecule has 0 aliphatic carbocycles. The van der Waals surface area contributed by atoms with Gasteiger partial charge in [0.15, 0.2) is 0 Å². The van der Waals surface area contributed by atoms with Crippen molar-refractivity contribution in [2.45, 2.75) is 50.9 Å². The molecule has 3 N–H and O–H groups in total. The molecular formula is C22H24F6N4O6S. The van der Waals surface area contributed by atoms with Gasteiger partial charge in [0.1, 0.15) is 11.1 Å². The van der Waals surface area contributed by atoms with Crippen LogP contribution in [-0.4, -0.2) is 80.6 Å². The number of carboxylic acid groups (broad SMARTS) is 2. The van der Waals surface area contributed by atoms with Gasteiger partial charge in [-0.25, -0.2) is 14.6 Å². The lowest BCUT2D eigenvalue weighted by Gasteiger charge is -2.33. The van der Waals surface area contributed by atoms with Crippen LogP contribution in [0.25, 0.3) is 0 Å². The minimum atomic E-state index is -5.08. The summed E-state index contributed by atoms with van der Waals surface area (Å²) in [4.78, 5) is 41.3. The molecule has 0 aromatic carbocycles. The molecule has 2 fully saturated rings. The molecule has 0 unspecified atom stereocenters. The number of ether oxygens (including phenoxy) is 1. The molecule has 39 heavy (non-hydrogen) atoms. The standard InChI is InChI=1S/C18H22N4O2S.2C2HF3O2/c1-12-14(3-2-5-19-12)21-18(23)15-9-13-4-7-22(10-16(13)24-15)11-17-20-6-8-25-17;2*3-2(4,5)1(6)7/h2-3,5-6,8,13,15-16H,4,7,9-11H2,1H3,(H,21,23);2*(H,6,7)/t13-,15+,16-;;/m0../s1. The molecule has 3 atom stereocenters. The summed E-state index contributed by atoms with van der Waals surface area (Å²) in [7, 11) is 0. The fraction of sp³-hybridized carbons (Fsp3) is 0.500. The molecule has 0 bridgehead atoms. The second-order valence-electron chi connectivity index (χ2n) is 8.34. The van der Waals surface area contributed by atoms with Crippen molar-refractivity contribution in [2.24, 2.45) is 5.92 Å². The van der Waals surface area contributed by atoms with Crippen molar-refractivity contribution in [3.05, 3.63) is 40.6 Å². The van der Waals surface area contributed by atoms with E-state index in [4.69, 9.17) is 24.5 Å². The van der Waals surface area contributed by atoms with Crippen LogP contribution in [0.15, 0.2) is 29.9 Å². The van der Waals surface area contributed by atoms with Gasteiger partial charge >= 0.3 is 24.3 Å². The second-order valence-corrected chi connectivity index (χ2v) is 9.32. The van der Waals surface area contributed by atoms with Gasteiger partial charge in [-0.2, -0.15) is 26.3 Å². The average molecular weight is 587 g/mol. The van der Waals surface area contributed by atoms with Crippen molar-refractivity contribution in [3.8, 4) is 0 Å². The maximum Gasteiger partial charge on any atom is 0.490 e. The SMILES string of the molecule is Cc1ncccc1NC(=O)[C@H]1C[C@@H]2CCN(Cc3nccs3)C[C@@H]2O1.O=C(O)C(F)(F)F.O=C(O)C(F)(F)F. The number of piperidine rings is 1. The number of anilines is 1. The number of carbonyl (C=O) groups excluding carboxylic acids is 1. The number of carboxylic acids is 2. The molecule has 216 valence electrons. The molecule has 17 heteroatoms.